The molecule has 3 fully saturated rings. The molecular formula is C46H54N10O7. The predicted molar refractivity (Wildman–Crippen MR) is 236 cm³/mol. The fourth-order valence-corrected chi connectivity index (χ4v) is 9.22. The molecular weight excluding hydrogens is 805 g/mol. The van der Waals surface area contributed by atoms with Crippen LogP contribution < -0.4 is 31.1 Å². The molecule has 4 aliphatic rings. The van der Waals surface area contributed by atoms with Gasteiger partial charge < -0.3 is 25.6 Å². The van der Waals surface area contributed by atoms with E-state index in [-0.39, 0.29) is 52.3 Å². The summed E-state index contributed by atoms with van der Waals surface area (Å²) in [6, 6.07) is 7.69. The largest absolute Gasteiger partial charge is 0.483 e. The number of fused-ring (bicyclic) bond motifs is 2. The molecule has 0 radical (unpaired) electrons. The number of benzene rings is 1. The lowest BCUT2D eigenvalue weighted by molar-refractivity contribution is -0.125. The van der Waals surface area contributed by atoms with Crippen LogP contribution in [0.25, 0.3) is 11.0 Å². The van der Waals surface area contributed by atoms with Crippen molar-refractivity contribution in [2.24, 2.45) is 0 Å². The molecule has 63 heavy (non-hydrogen) atoms. The van der Waals surface area contributed by atoms with Crippen LogP contribution in [0.3, 0.4) is 0 Å². The molecule has 17 nitrogen and oxygen atoms in total. The summed E-state index contributed by atoms with van der Waals surface area (Å²) in [4.78, 5) is 97.3. The van der Waals surface area contributed by atoms with E-state index in [1.807, 2.05) is 18.3 Å². The van der Waals surface area contributed by atoms with Crippen LogP contribution in [-0.4, -0.2) is 111 Å². The fraction of sp³-hybridized carbons (Fsp3) is 0.457. The highest BCUT2D eigenvalue weighted by molar-refractivity contribution is 6.24. The quantitative estimate of drug-likeness (QED) is 0.0788. The number of amides is 4. The molecule has 330 valence electrons. The topological polar surface area (TPSA) is 201 Å². The molecule has 3 N–H and O–H groups in total. The Morgan fingerprint density at radius 3 is 2.43 bits per heavy atom. The number of ether oxygens (including phenoxy) is 1. The molecule has 1 unspecified atom stereocenters. The smallest absolute Gasteiger partial charge is 0.266 e. The maximum Gasteiger partial charge on any atom is 0.266 e. The maximum atomic E-state index is 13.6. The number of carbonyl (C=O) groups excluding carboxylic acids is 5. The number of anilines is 3. The van der Waals surface area contributed by atoms with Crippen molar-refractivity contribution < 1.29 is 28.7 Å². The van der Waals surface area contributed by atoms with Gasteiger partial charge in [-0.05, 0) is 88.7 Å². The van der Waals surface area contributed by atoms with Crippen molar-refractivity contribution in [2.45, 2.75) is 90.1 Å². The third kappa shape index (κ3) is 9.19. The summed E-state index contributed by atoms with van der Waals surface area (Å²) in [5.41, 5.74) is 2.89. The van der Waals surface area contributed by atoms with Crippen LogP contribution in [0, 0.1) is 6.92 Å². The van der Waals surface area contributed by atoms with Crippen LogP contribution in [0.4, 0.5) is 17.5 Å². The summed E-state index contributed by atoms with van der Waals surface area (Å²) in [5, 5.41) is 9.40. The lowest BCUT2D eigenvalue weighted by Gasteiger charge is -2.36. The SMILES string of the molecule is C=C1CCC(N2C(=O)c3cccc(OCC(=O)NCCCCCCN4CCN(c5ccc(Nc6ncc7c(C)c(C(C)=O)c(=O)n(C8CCCC8)c7n6)nc5)CC4)c3C2=O)C(=O)N1. The Labute approximate surface area is 365 Å². The van der Waals surface area contributed by atoms with Crippen molar-refractivity contribution in [3.63, 3.8) is 0 Å². The zero-order valence-electron chi connectivity index (χ0n) is 35.9. The number of carbonyl (C=O) groups is 5. The van der Waals surface area contributed by atoms with Crippen molar-refractivity contribution in [3.8, 4) is 5.75 Å². The van der Waals surface area contributed by atoms with Gasteiger partial charge in [0.05, 0.1) is 28.6 Å². The van der Waals surface area contributed by atoms with Gasteiger partial charge in [-0.3, -0.25) is 43.1 Å². The number of piperidine rings is 1. The van der Waals surface area contributed by atoms with E-state index in [0.29, 0.717) is 53.4 Å². The van der Waals surface area contributed by atoms with Gasteiger partial charge in [-0.1, -0.05) is 38.3 Å². The van der Waals surface area contributed by atoms with Crippen molar-refractivity contribution in [1.29, 1.82) is 0 Å². The van der Waals surface area contributed by atoms with Crippen LogP contribution in [-0.2, 0) is 9.59 Å². The second-order valence-corrected chi connectivity index (χ2v) is 16.8. The normalized spacial score (nSPS) is 18.2. The first kappa shape index (κ1) is 43.2. The molecule has 4 aromatic rings. The molecule has 17 heteroatoms. The van der Waals surface area contributed by atoms with Crippen molar-refractivity contribution in [1.82, 2.24) is 40.0 Å². The predicted octanol–water partition coefficient (Wildman–Crippen LogP) is 4.82. The molecule has 0 spiro atoms. The Bertz CT molecular complexity index is 2510. The fourth-order valence-electron chi connectivity index (χ4n) is 9.22. The van der Waals surface area contributed by atoms with Crippen molar-refractivity contribution in [3.05, 3.63) is 87.6 Å². The number of piperazine rings is 1. The van der Waals surface area contributed by atoms with Crippen LogP contribution >= 0.6 is 0 Å². The number of hydrogen-bond donors (Lipinski definition) is 3. The summed E-state index contributed by atoms with van der Waals surface area (Å²) in [5.74, 6) is -1.11. The number of nitrogens with zero attached hydrogens (tertiary/aromatic N) is 7. The molecule has 3 aromatic heterocycles. The molecule has 1 saturated carbocycles. The summed E-state index contributed by atoms with van der Waals surface area (Å²) in [7, 11) is 0. The zero-order valence-corrected chi connectivity index (χ0v) is 35.9. The lowest BCUT2D eigenvalue weighted by atomic mass is 10.0. The Kier molecular flexibility index (Phi) is 12.9. The summed E-state index contributed by atoms with van der Waals surface area (Å²) >= 11 is 0. The molecule has 2 saturated heterocycles. The number of Topliss-reactive ketones (excluding diaryl/α,β-unsaturated/α-hetero) is 1. The van der Waals surface area contributed by atoms with Gasteiger partial charge in [0, 0.05) is 56.0 Å². The zero-order chi connectivity index (χ0) is 44.2. The molecule has 1 atom stereocenters. The number of pyridine rings is 2. The molecule has 4 amide bonds. The number of aryl methyl sites for hydroxylation is 1. The van der Waals surface area contributed by atoms with E-state index in [0.717, 1.165) is 94.7 Å². The number of hydrogen-bond acceptors (Lipinski definition) is 13. The van der Waals surface area contributed by atoms with E-state index in [9.17, 15) is 28.8 Å². The Morgan fingerprint density at radius 1 is 0.921 bits per heavy atom. The van der Waals surface area contributed by atoms with Crippen molar-refractivity contribution >= 4 is 57.9 Å². The monoisotopic (exact) mass is 858 g/mol. The maximum absolute atomic E-state index is 13.6. The first-order valence-electron chi connectivity index (χ1n) is 22.0. The third-order valence-corrected chi connectivity index (χ3v) is 12.6. The highest BCUT2D eigenvalue weighted by Crippen LogP contribution is 2.35. The van der Waals surface area contributed by atoms with Gasteiger partial charge in [-0.15, -0.1) is 0 Å². The third-order valence-electron chi connectivity index (χ3n) is 12.6. The second kappa shape index (κ2) is 18.9. The number of imide groups is 1. The molecule has 8 rings (SSSR count). The Balaban J connectivity index is 0.733. The van der Waals surface area contributed by atoms with E-state index in [1.165, 1.54) is 13.0 Å². The van der Waals surface area contributed by atoms with Crippen LogP contribution in [0.15, 0.2) is 59.8 Å². The van der Waals surface area contributed by atoms with Crippen LogP contribution in [0.1, 0.15) is 114 Å². The number of allylic oxidation sites excluding steroid dienone is 1. The Morgan fingerprint density at radius 2 is 1.70 bits per heavy atom. The van der Waals surface area contributed by atoms with Crippen LogP contribution in [0.2, 0.25) is 0 Å². The van der Waals surface area contributed by atoms with E-state index < -0.39 is 23.8 Å². The minimum absolute atomic E-state index is 0.00504. The minimum Gasteiger partial charge on any atom is -0.483 e. The number of aromatic nitrogens is 4. The standard InChI is InChI=1S/C46H54N10O7/c1-28-15-17-35(42(59)50-28)56-43(60)33-13-10-14-36(40(33)45(56)62)63-27-38(58)47-19-8-4-5-9-20-53-21-23-54(24-22-53)32-16-18-37(48-25-32)51-46-49-26-34-29(2)39(30(3)57)44(61)55(41(34)52-46)31-11-6-7-12-31/h10,13-14,16,18,25-26,31,35H,1,4-9,11-12,15,17,19-24,27H2,2-3H3,(H,47,58)(H,50,59)(H,48,49,51,52). The van der Waals surface area contributed by atoms with Gasteiger partial charge in [0.1, 0.15) is 23.3 Å². The average Bonchev–Trinajstić information content (AvgIpc) is 3.89. The molecule has 0 bridgehead atoms. The number of unbranched alkanes of at least 4 members (excludes halogenated alkanes) is 3. The number of rotatable bonds is 16. The van der Waals surface area contributed by atoms with E-state index >= 15 is 0 Å². The number of nitrogens with one attached hydrogen (secondary N) is 3. The van der Waals surface area contributed by atoms with Gasteiger partial charge in [-0.2, -0.15) is 4.98 Å². The van der Waals surface area contributed by atoms with E-state index in [4.69, 9.17) is 9.72 Å². The highest BCUT2D eigenvalue weighted by atomic mass is 16.5. The van der Waals surface area contributed by atoms with Crippen molar-refractivity contribution in [2.75, 3.05) is 56.1 Å². The van der Waals surface area contributed by atoms with E-state index in [2.05, 4.69) is 42.3 Å². The summed E-state index contributed by atoms with van der Waals surface area (Å²) in [6.07, 6.45) is 12.0. The van der Waals surface area contributed by atoms with Gasteiger partial charge in [0.15, 0.2) is 12.4 Å². The van der Waals surface area contributed by atoms with Gasteiger partial charge >= 0.3 is 0 Å². The summed E-state index contributed by atoms with van der Waals surface area (Å²) < 4.78 is 7.42. The Hall–Kier alpha value is -6.49. The van der Waals surface area contributed by atoms with Crippen LogP contribution in [0.5, 0.6) is 5.75 Å². The molecule has 3 aliphatic heterocycles. The second-order valence-electron chi connectivity index (χ2n) is 16.8. The average molecular weight is 859 g/mol. The lowest BCUT2D eigenvalue weighted by Crippen LogP contribution is -2.51. The number of ketones is 1. The molecule has 1 aromatic carbocycles. The highest BCUT2D eigenvalue weighted by Gasteiger charge is 2.45. The minimum atomic E-state index is -0.926. The van der Waals surface area contributed by atoms with Gasteiger partial charge in [0.25, 0.3) is 23.3 Å². The first-order chi connectivity index (χ1) is 30.5. The molecule has 6 heterocycles. The van der Waals surface area contributed by atoms with Gasteiger partial charge in [0.2, 0.25) is 11.9 Å². The molecule has 1 aliphatic carbocycles. The van der Waals surface area contributed by atoms with E-state index in [1.54, 1.807) is 29.8 Å². The first-order valence-corrected chi connectivity index (χ1v) is 22.0. The summed E-state index contributed by atoms with van der Waals surface area (Å²) in [6.45, 7) is 11.9. The van der Waals surface area contributed by atoms with Gasteiger partial charge in [-0.25, -0.2) is 9.97 Å².